The van der Waals surface area contributed by atoms with Crippen LogP contribution in [0.25, 0.3) is 0 Å². The molecule has 0 spiro atoms. The molecule has 2 aliphatic rings. The molecule has 0 bridgehead atoms. The summed E-state index contributed by atoms with van der Waals surface area (Å²) in [7, 11) is 1.60. The lowest BCUT2D eigenvalue weighted by molar-refractivity contribution is -0.133. The zero-order valence-electron chi connectivity index (χ0n) is 13.7. The summed E-state index contributed by atoms with van der Waals surface area (Å²) in [6.07, 6.45) is 3.00. The highest BCUT2D eigenvalue weighted by Crippen LogP contribution is 2.22. The van der Waals surface area contributed by atoms with Crippen LogP contribution in [-0.2, 0) is 4.79 Å². The third-order valence-corrected chi connectivity index (χ3v) is 4.92. The second-order valence-corrected chi connectivity index (χ2v) is 6.32. The van der Waals surface area contributed by atoms with Gasteiger partial charge in [-0.15, -0.1) is 0 Å². The molecule has 124 valence electrons. The van der Waals surface area contributed by atoms with Crippen molar-refractivity contribution >= 4 is 11.7 Å². The Kier molecular flexibility index (Phi) is 4.96. The normalized spacial score (nSPS) is 21.1. The van der Waals surface area contributed by atoms with E-state index in [1.165, 1.54) is 19.4 Å². The second-order valence-electron chi connectivity index (χ2n) is 6.32. The van der Waals surface area contributed by atoms with Crippen LogP contribution in [0.4, 0.5) is 0 Å². The molecule has 5 heteroatoms. The highest BCUT2D eigenvalue weighted by Gasteiger charge is 2.32. The van der Waals surface area contributed by atoms with Gasteiger partial charge in [0.1, 0.15) is 5.75 Å². The number of nitrogens with zero attached hydrogens (tertiary/aromatic N) is 2. The third-order valence-electron chi connectivity index (χ3n) is 4.92. The number of carbonyl (C=O) groups is 2. The topological polar surface area (TPSA) is 49.9 Å². The van der Waals surface area contributed by atoms with Gasteiger partial charge in [-0.05, 0) is 43.7 Å². The fourth-order valence-corrected chi connectivity index (χ4v) is 3.52. The lowest BCUT2D eigenvalue weighted by atomic mass is 10.1. The van der Waals surface area contributed by atoms with Crippen LogP contribution in [0.5, 0.6) is 5.75 Å². The van der Waals surface area contributed by atoms with Crippen LogP contribution in [-0.4, -0.2) is 60.8 Å². The minimum atomic E-state index is 0.0144. The van der Waals surface area contributed by atoms with E-state index in [-0.39, 0.29) is 18.1 Å². The Balaban J connectivity index is 1.49. The fourth-order valence-electron chi connectivity index (χ4n) is 3.52. The van der Waals surface area contributed by atoms with E-state index in [4.69, 9.17) is 4.74 Å². The average molecular weight is 316 g/mol. The number of piperazine rings is 1. The predicted octanol–water partition coefficient (Wildman–Crippen LogP) is 1.96. The summed E-state index contributed by atoms with van der Waals surface area (Å²) in [4.78, 5) is 29.0. The van der Waals surface area contributed by atoms with Crippen molar-refractivity contribution < 1.29 is 14.3 Å². The molecule has 3 rings (SSSR count). The number of ketones is 1. The number of fused-ring (bicyclic) bond motifs is 1. The number of methoxy groups -OCH3 is 1. The standard InChI is InChI=1S/C18H24N2O3/c1-23-16-6-4-14(5-7-16)17(21)8-9-18(22)20-12-11-19-10-2-3-15(19)13-20/h4-7,15H,2-3,8-13H2,1H3. The number of hydrogen-bond donors (Lipinski definition) is 0. The van der Waals surface area contributed by atoms with E-state index in [2.05, 4.69) is 4.90 Å². The molecule has 0 aromatic heterocycles. The molecule has 0 saturated carbocycles. The Morgan fingerprint density at radius 2 is 1.91 bits per heavy atom. The van der Waals surface area contributed by atoms with Crippen molar-refractivity contribution in [2.45, 2.75) is 31.7 Å². The minimum Gasteiger partial charge on any atom is -0.497 e. The van der Waals surface area contributed by atoms with E-state index in [0.29, 0.717) is 18.0 Å². The summed E-state index contributed by atoms with van der Waals surface area (Å²) in [6.45, 7) is 3.77. The fraction of sp³-hybridized carbons (Fsp3) is 0.556. The first kappa shape index (κ1) is 16.0. The molecule has 2 aliphatic heterocycles. The summed E-state index contributed by atoms with van der Waals surface area (Å²) in [5.41, 5.74) is 0.638. The van der Waals surface area contributed by atoms with Crippen molar-refractivity contribution in [1.82, 2.24) is 9.80 Å². The van der Waals surface area contributed by atoms with Crippen molar-refractivity contribution in [2.24, 2.45) is 0 Å². The van der Waals surface area contributed by atoms with Gasteiger partial charge < -0.3 is 9.64 Å². The second kappa shape index (κ2) is 7.13. The predicted molar refractivity (Wildman–Crippen MR) is 87.7 cm³/mol. The zero-order valence-corrected chi connectivity index (χ0v) is 13.7. The van der Waals surface area contributed by atoms with Crippen LogP contribution in [0.1, 0.15) is 36.0 Å². The SMILES string of the molecule is COc1ccc(C(=O)CCC(=O)N2CCN3CCCC3C2)cc1. The molecular formula is C18H24N2O3. The molecule has 1 aromatic carbocycles. The van der Waals surface area contributed by atoms with Crippen LogP contribution >= 0.6 is 0 Å². The summed E-state index contributed by atoms with van der Waals surface area (Å²) in [5.74, 6) is 0.853. The maximum Gasteiger partial charge on any atom is 0.223 e. The van der Waals surface area contributed by atoms with Gasteiger partial charge in [0.25, 0.3) is 0 Å². The van der Waals surface area contributed by atoms with Crippen LogP contribution in [0.2, 0.25) is 0 Å². The van der Waals surface area contributed by atoms with E-state index in [9.17, 15) is 9.59 Å². The van der Waals surface area contributed by atoms with Gasteiger partial charge in [0.2, 0.25) is 5.91 Å². The molecule has 0 N–H and O–H groups in total. The van der Waals surface area contributed by atoms with Crippen molar-refractivity contribution in [1.29, 1.82) is 0 Å². The summed E-state index contributed by atoms with van der Waals surface area (Å²) >= 11 is 0. The van der Waals surface area contributed by atoms with Crippen molar-refractivity contribution in [3.8, 4) is 5.75 Å². The van der Waals surface area contributed by atoms with Gasteiger partial charge in [0, 0.05) is 44.1 Å². The summed E-state index contributed by atoms with van der Waals surface area (Å²) in [6, 6.07) is 7.58. The van der Waals surface area contributed by atoms with Gasteiger partial charge in [-0.1, -0.05) is 0 Å². The van der Waals surface area contributed by atoms with Gasteiger partial charge in [-0.25, -0.2) is 0 Å². The monoisotopic (exact) mass is 316 g/mol. The number of amides is 1. The Hall–Kier alpha value is -1.88. The molecule has 1 unspecified atom stereocenters. The highest BCUT2D eigenvalue weighted by atomic mass is 16.5. The Morgan fingerprint density at radius 1 is 1.13 bits per heavy atom. The molecule has 2 fully saturated rings. The van der Waals surface area contributed by atoms with Gasteiger partial charge in [-0.2, -0.15) is 0 Å². The first-order valence-corrected chi connectivity index (χ1v) is 8.36. The quantitative estimate of drug-likeness (QED) is 0.779. The van der Waals surface area contributed by atoms with Gasteiger partial charge >= 0.3 is 0 Å². The van der Waals surface area contributed by atoms with E-state index in [1.807, 2.05) is 4.90 Å². The molecule has 23 heavy (non-hydrogen) atoms. The zero-order chi connectivity index (χ0) is 16.2. The number of rotatable bonds is 5. The van der Waals surface area contributed by atoms with E-state index < -0.39 is 0 Å². The Morgan fingerprint density at radius 3 is 2.65 bits per heavy atom. The lowest BCUT2D eigenvalue weighted by Crippen LogP contribution is -2.52. The first-order valence-electron chi connectivity index (χ1n) is 8.36. The van der Waals surface area contributed by atoms with Crippen LogP contribution in [0.15, 0.2) is 24.3 Å². The molecule has 1 atom stereocenters. The third kappa shape index (κ3) is 3.72. The minimum absolute atomic E-state index is 0.0144. The average Bonchev–Trinajstić information content (AvgIpc) is 3.07. The molecule has 1 aromatic rings. The number of Topliss-reactive ketones (excluding diaryl/α,β-unsaturated/α-hetero) is 1. The maximum absolute atomic E-state index is 12.4. The molecular weight excluding hydrogens is 292 g/mol. The number of carbonyl (C=O) groups excluding carboxylic acids is 2. The van der Waals surface area contributed by atoms with Crippen molar-refractivity contribution in [3.05, 3.63) is 29.8 Å². The molecule has 0 radical (unpaired) electrons. The van der Waals surface area contributed by atoms with E-state index in [0.717, 1.165) is 25.4 Å². The Bertz CT molecular complexity index is 570. The van der Waals surface area contributed by atoms with Crippen LogP contribution in [0, 0.1) is 0 Å². The Labute approximate surface area is 137 Å². The van der Waals surface area contributed by atoms with Gasteiger partial charge in [-0.3, -0.25) is 14.5 Å². The molecule has 0 aliphatic carbocycles. The smallest absolute Gasteiger partial charge is 0.223 e. The number of benzene rings is 1. The molecule has 2 saturated heterocycles. The number of ether oxygens (including phenoxy) is 1. The van der Waals surface area contributed by atoms with Crippen molar-refractivity contribution in [2.75, 3.05) is 33.3 Å². The maximum atomic E-state index is 12.4. The highest BCUT2D eigenvalue weighted by molar-refractivity contribution is 5.98. The van der Waals surface area contributed by atoms with E-state index in [1.54, 1.807) is 31.4 Å². The van der Waals surface area contributed by atoms with Crippen LogP contribution < -0.4 is 4.74 Å². The number of hydrogen-bond acceptors (Lipinski definition) is 4. The lowest BCUT2D eigenvalue weighted by Gasteiger charge is -2.37. The molecule has 1 amide bonds. The van der Waals surface area contributed by atoms with Gasteiger partial charge in [0.15, 0.2) is 5.78 Å². The largest absolute Gasteiger partial charge is 0.497 e. The molecule has 5 nitrogen and oxygen atoms in total. The summed E-state index contributed by atoms with van der Waals surface area (Å²) < 4.78 is 5.08. The molecule has 2 heterocycles. The van der Waals surface area contributed by atoms with E-state index >= 15 is 0 Å². The summed E-state index contributed by atoms with van der Waals surface area (Å²) in [5, 5.41) is 0. The van der Waals surface area contributed by atoms with Gasteiger partial charge in [0.05, 0.1) is 7.11 Å². The van der Waals surface area contributed by atoms with Crippen LogP contribution in [0.3, 0.4) is 0 Å². The first-order chi connectivity index (χ1) is 11.2. The van der Waals surface area contributed by atoms with Crippen molar-refractivity contribution in [3.63, 3.8) is 0 Å².